The normalized spacial score (nSPS) is 41.3. The molecule has 0 radical (unpaired) electrons. The Kier molecular flexibility index (Phi) is 12.6. The molecule has 7 fully saturated rings. The van der Waals surface area contributed by atoms with Crippen molar-refractivity contribution in [1.82, 2.24) is 10.2 Å². The van der Waals surface area contributed by atoms with Gasteiger partial charge >= 0.3 is 11.9 Å². The molecule has 62 heavy (non-hydrogen) atoms. The summed E-state index contributed by atoms with van der Waals surface area (Å²) in [7, 11) is 0. The molecule has 0 aromatic heterocycles. The third kappa shape index (κ3) is 7.81. The van der Waals surface area contributed by atoms with Crippen molar-refractivity contribution in [3.63, 3.8) is 0 Å². The molecule has 0 aromatic rings. The van der Waals surface area contributed by atoms with Gasteiger partial charge in [-0.25, -0.2) is 0 Å². The van der Waals surface area contributed by atoms with Crippen LogP contribution in [0.2, 0.25) is 0 Å². The summed E-state index contributed by atoms with van der Waals surface area (Å²) in [5, 5.41) is 3.64. The zero-order valence-corrected chi connectivity index (χ0v) is 41.3. The number of morpholine rings is 1. The van der Waals surface area contributed by atoms with Crippen LogP contribution in [0, 0.1) is 79.8 Å². The SMILES string of the molecule is C=C(C)C1CCC2(C(=O)NC3CC(C(=O)N4CCOCC4)C3(C)C)CCC3(C)C(CCC4C(C)(CCC(OC(=O)C5CC(C(=O)OC(C)(C)C)C5(C)C)C(C)C)CCCC43C)C12. The number of nitrogens with one attached hydrogen (secondary N) is 1. The Labute approximate surface area is 375 Å². The van der Waals surface area contributed by atoms with E-state index in [2.05, 4.69) is 67.3 Å². The van der Waals surface area contributed by atoms with Gasteiger partial charge in [-0.05, 0) is 161 Å². The quantitative estimate of drug-likeness (QED) is 0.163. The van der Waals surface area contributed by atoms with E-state index in [9.17, 15) is 14.4 Å². The summed E-state index contributed by atoms with van der Waals surface area (Å²) in [5.41, 5.74) is -0.179. The van der Waals surface area contributed by atoms with Crippen LogP contribution in [0.3, 0.4) is 0 Å². The summed E-state index contributed by atoms with van der Waals surface area (Å²) in [6, 6.07) is -0.00666. The van der Waals surface area contributed by atoms with Crippen LogP contribution >= 0.6 is 0 Å². The molecule has 2 amide bonds. The molecule has 13 atom stereocenters. The Morgan fingerprint density at radius 3 is 2.06 bits per heavy atom. The van der Waals surface area contributed by atoms with Gasteiger partial charge in [0.25, 0.3) is 0 Å². The number of carbonyl (C=O) groups excluding carboxylic acids is 4. The average molecular weight is 863 g/mol. The highest BCUT2D eigenvalue weighted by Gasteiger charge is 2.70. The fourth-order valence-electron chi connectivity index (χ4n) is 15.5. The fourth-order valence-corrected chi connectivity index (χ4v) is 15.5. The number of carbonyl (C=O) groups is 4. The monoisotopic (exact) mass is 863 g/mol. The van der Waals surface area contributed by atoms with Crippen molar-refractivity contribution in [2.24, 2.45) is 79.8 Å². The molecule has 9 heteroatoms. The van der Waals surface area contributed by atoms with E-state index in [0.717, 1.165) is 44.9 Å². The van der Waals surface area contributed by atoms with Crippen molar-refractivity contribution in [2.45, 2.75) is 191 Å². The number of hydrogen-bond donors (Lipinski definition) is 1. The lowest BCUT2D eigenvalue weighted by Gasteiger charge is -2.69. The van der Waals surface area contributed by atoms with E-state index >= 15 is 4.79 Å². The van der Waals surface area contributed by atoms with E-state index in [4.69, 9.17) is 14.2 Å². The van der Waals surface area contributed by atoms with E-state index in [0.29, 0.717) is 56.9 Å². The van der Waals surface area contributed by atoms with Gasteiger partial charge < -0.3 is 24.4 Å². The molecule has 0 bridgehead atoms. The maximum Gasteiger partial charge on any atom is 0.310 e. The van der Waals surface area contributed by atoms with Crippen LogP contribution < -0.4 is 5.32 Å². The second kappa shape index (κ2) is 16.5. The predicted octanol–water partition coefficient (Wildman–Crippen LogP) is 10.3. The molecular formula is C53H86N2O7. The Balaban J connectivity index is 1.04. The molecule has 1 heterocycles. The van der Waals surface area contributed by atoms with Gasteiger partial charge in [0.1, 0.15) is 11.7 Å². The van der Waals surface area contributed by atoms with E-state index in [1.807, 2.05) is 39.5 Å². The molecule has 1 saturated heterocycles. The van der Waals surface area contributed by atoms with Crippen molar-refractivity contribution in [1.29, 1.82) is 0 Å². The van der Waals surface area contributed by atoms with Crippen LogP contribution in [0.1, 0.15) is 173 Å². The first-order valence-electron chi connectivity index (χ1n) is 25.0. The minimum atomic E-state index is -0.559. The minimum Gasteiger partial charge on any atom is -0.462 e. The Bertz CT molecular complexity index is 1760. The lowest BCUT2D eigenvalue weighted by Crippen LogP contribution is -2.67. The highest BCUT2D eigenvalue weighted by atomic mass is 16.6. The molecule has 9 nitrogen and oxygen atoms in total. The number of esters is 2. The molecular weight excluding hydrogens is 777 g/mol. The van der Waals surface area contributed by atoms with E-state index < -0.39 is 16.4 Å². The predicted molar refractivity (Wildman–Crippen MR) is 243 cm³/mol. The third-order valence-electron chi connectivity index (χ3n) is 20.0. The summed E-state index contributed by atoms with van der Waals surface area (Å²) >= 11 is 0. The molecule has 7 aliphatic rings. The third-order valence-corrected chi connectivity index (χ3v) is 20.0. The first-order valence-corrected chi connectivity index (χ1v) is 25.0. The van der Waals surface area contributed by atoms with Gasteiger partial charge in [0, 0.05) is 25.0 Å². The molecule has 13 unspecified atom stereocenters. The zero-order chi connectivity index (χ0) is 45.6. The summed E-state index contributed by atoms with van der Waals surface area (Å²) in [6.45, 7) is 35.5. The first kappa shape index (κ1) is 47.5. The van der Waals surface area contributed by atoms with Crippen molar-refractivity contribution in [3.8, 4) is 0 Å². The second-order valence-corrected chi connectivity index (χ2v) is 25.3. The number of rotatable bonds is 11. The lowest BCUT2D eigenvalue weighted by atomic mass is 9.35. The van der Waals surface area contributed by atoms with Gasteiger partial charge in [0.05, 0.1) is 30.5 Å². The second-order valence-electron chi connectivity index (χ2n) is 25.3. The average Bonchev–Trinajstić information content (AvgIpc) is 3.58. The number of amides is 2. The summed E-state index contributed by atoms with van der Waals surface area (Å²) in [4.78, 5) is 57.5. The van der Waals surface area contributed by atoms with Crippen molar-refractivity contribution < 1.29 is 33.4 Å². The van der Waals surface area contributed by atoms with E-state index in [1.54, 1.807) is 0 Å². The lowest BCUT2D eigenvalue weighted by molar-refractivity contribution is -0.209. The topological polar surface area (TPSA) is 111 Å². The highest BCUT2D eigenvalue weighted by Crippen LogP contribution is 2.75. The van der Waals surface area contributed by atoms with Crippen molar-refractivity contribution in [3.05, 3.63) is 12.2 Å². The number of hydrogen-bond acceptors (Lipinski definition) is 7. The van der Waals surface area contributed by atoms with Crippen LogP contribution in [0.5, 0.6) is 0 Å². The van der Waals surface area contributed by atoms with Gasteiger partial charge in [-0.15, -0.1) is 0 Å². The van der Waals surface area contributed by atoms with Crippen LogP contribution in [-0.4, -0.2) is 72.7 Å². The first-order chi connectivity index (χ1) is 28.7. The van der Waals surface area contributed by atoms with Gasteiger partial charge in [-0.1, -0.05) is 80.9 Å². The molecule has 0 aromatic carbocycles. The zero-order valence-electron chi connectivity index (χ0n) is 41.3. The van der Waals surface area contributed by atoms with E-state index in [-0.39, 0.29) is 87.1 Å². The minimum absolute atomic E-state index is 0.00666. The van der Waals surface area contributed by atoms with Crippen molar-refractivity contribution in [2.75, 3.05) is 26.3 Å². The number of ether oxygens (including phenoxy) is 3. The molecule has 350 valence electrons. The van der Waals surface area contributed by atoms with Crippen LogP contribution in [-0.2, 0) is 33.4 Å². The molecule has 0 spiro atoms. The summed E-state index contributed by atoms with van der Waals surface area (Å²) < 4.78 is 17.7. The Morgan fingerprint density at radius 1 is 0.806 bits per heavy atom. The van der Waals surface area contributed by atoms with Crippen molar-refractivity contribution >= 4 is 23.8 Å². The maximum atomic E-state index is 15.1. The highest BCUT2D eigenvalue weighted by molar-refractivity contribution is 5.86. The number of allylic oxidation sites excluding steroid dienone is 1. The Hall–Kier alpha value is -2.42. The van der Waals surface area contributed by atoms with Crippen LogP contribution in [0.4, 0.5) is 0 Å². The molecule has 6 saturated carbocycles. The van der Waals surface area contributed by atoms with Gasteiger partial charge in [0.2, 0.25) is 11.8 Å². The number of nitrogens with zero attached hydrogens (tertiary/aromatic N) is 1. The molecule has 1 aliphatic heterocycles. The largest absolute Gasteiger partial charge is 0.462 e. The fraction of sp³-hybridized carbons (Fsp3) is 0.887. The summed E-state index contributed by atoms with van der Waals surface area (Å²) in [6.07, 6.45) is 12.7. The smallest absolute Gasteiger partial charge is 0.310 e. The van der Waals surface area contributed by atoms with Gasteiger partial charge in [-0.2, -0.15) is 0 Å². The van der Waals surface area contributed by atoms with Gasteiger partial charge in [-0.3, -0.25) is 19.2 Å². The number of fused-ring (bicyclic) bond motifs is 5. The Morgan fingerprint density at radius 2 is 1.47 bits per heavy atom. The molecule has 6 aliphatic carbocycles. The van der Waals surface area contributed by atoms with Crippen LogP contribution in [0.25, 0.3) is 0 Å². The van der Waals surface area contributed by atoms with E-state index in [1.165, 1.54) is 31.3 Å². The summed E-state index contributed by atoms with van der Waals surface area (Å²) in [5.74, 6) is 1.18. The molecule has 7 rings (SSSR count). The standard InChI is InChI=1S/C53H86N2O7/c1-32(2)34-18-23-53(46(59)54-41-31-36(49(41,10)11)43(56)55-26-28-60-29-27-55)25-24-51(13)35(42(34)53)16-17-40-50(12,20-15-21-52(40,51)14)22-19-39(33(3)4)61-44(57)37-30-38(48(37,8)9)45(58)62-47(5,6)7/h33-42H,1,15-31H2,2-14H3,(H,54,59). The van der Waals surface area contributed by atoms with Crippen LogP contribution in [0.15, 0.2) is 12.2 Å². The molecule has 1 N–H and O–H groups in total. The van der Waals surface area contributed by atoms with Gasteiger partial charge in [0.15, 0.2) is 0 Å². The maximum absolute atomic E-state index is 15.1.